The third-order valence-corrected chi connectivity index (χ3v) is 5.12. The summed E-state index contributed by atoms with van der Waals surface area (Å²) in [6.45, 7) is 3.32. The maximum atomic E-state index is 13.4. The van der Waals surface area contributed by atoms with E-state index in [1.807, 2.05) is 6.07 Å². The Morgan fingerprint density at radius 1 is 1.18 bits per heavy atom. The summed E-state index contributed by atoms with van der Waals surface area (Å²) < 4.78 is 72.1. The van der Waals surface area contributed by atoms with Crippen LogP contribution in [0.4, 0.5) is 32.2 Å². The summed E-state index contributed by atoms with van der Waals surface area (Å²) in [7, 11) is 0. The Bertz CT molecular complexity index is 1280. The molecule has 0 aliphatic rings. The first-order valence-electron chi connectivity index (χ1n) is 10.6. The molecule has 0 saturated carbocycles. The van der Waals surface area contributed by atoms with E-state index in [1.165, 1.54) is 6.07 Å². The van der Waals surface area contributed by atoms with Gasteiger partial charge >= 0.3 is 18.3 Å². The number of alkyl halides is 6. The number of carboxylic acid groups (broad SMARTS) is 1. The molecule has 1 aromatic carbocycles. The minimum absolute atomic E-state index is 0.0222. The van der Waals surface area contributed by atoms with Crippen molar-refractivity contribution in [3.8, 4) is 17.3 Å². The first-order chi connectivity index (χ1) is 17.8. The molecular formula is C22H22F6N6O5. The van der Waals surface area contributed by atoms with Crippen molar-refractivity contribution in [1.29, 1.82) is 5.26 Å². The molecule has 0 saturated heterocycles. The number of aliphatic carboxylic acids is 1. The van der Waals surface area contributed by atoms with Gasteiger partial charge in [-0.25, -0.2) is 14.8 Å². The van der Waals surface area contributed by atoms with Gasteiger partial charge in [0.15, 0.2) is 11.5 Å². The van der Waals surface area contributed by atoms with Gasteiger partial charge in [0.05, 0.1) is 24.4 Å². The number of nitrogens with two attached hydrogens (primary N) is 2. The maximum absolute atomic E-state index is 13.4. The molecule has 7 N–H and O–H groups in total. The largest absolute Gasteiger partial charge is 0.490 e. The summed E-state index contributed by atoms with van der Waals surface area (Å²) in [4.78, 5) is 41.0. The van der Waals surface area contributed by atoms with E-state index < -0.39 is 47.3 Å². The maximum Gasteiger partial charge on any atom is 0.490 e. The molecule has 0 radical (unpaired) electrons. The van der Waals surface area contributed by atoms with Crippen LogP contribution in [-0.4, -0.2) is 56.4 Å². The van der Waals surface area contributed by atoms with Gasteiger partial charge in [-0.05, 0) is 25.0 Å². The van der Waals surface area contributed by atoms with E-state index in [4.69, 9.17) is 26.6 Å². The van der Waals surface area contributed by atoms with E-state index in [0.717, 1.165) is 18.3 Å². The molecule has 2 rings (SSSR count). The van der Waals surface area contributed by atoms with Crippen molar-refractivity contribution in [2.75, 3.05) is 5.73 Å². The monoisotopic (exact) mass is 564 g/mol. The number of halogens is 6. The molecule has 2 atom stereocenters. The lowest BCUT2D eigenvalue weighted by Gasteiger charge is -2.28. The minimum atomic E-state index is -5.38. The Hall–Kier alpha value is -4.46. The highest BCUT2D eigenvalue weighted by Gasteiger charge is 2.60. The Balaban J connectivity index is 0.000000956. The van der Waals surface area contributed by atoms with Crippen molar-refractivity contribution in [2.24, 2.45) is 5.73 Å². The van der Waals surface area contributed by atoms with Gasteiger partial charge < -0.3 is 27.0 Å². The number of aliphatic hydroxyl groups is 1. The fourth-order valence-electron chi connectivity index (χ4n) is 2.93. The van der Waals surface area contributed by atoms with Gasteiger partial charge in [-0.15, -0.1) is 0 Å². The molecule has 1 aromatic heterocycles. The van der Waals surface area contributed by atoms with Crippen LogP contribution < -0.4 is 16.8 Å². The van der Waals surface area contributed by atoms with E-state index in [-0.39, 0.29) is 29.2 Å². The molecule has 0 aliphatic heterocycles. The van der Waals surface area contributed by atoms with Gasteiger partial charge in [-0.3, -0.25) is 9.59 Å². The third-order valence-electron chi connectivity index (χ3n) is 5.12. The summed E-state index contributed by atoms with van der Waals surface area (Å²) in [6.07, 6.45) is -8.79. The standard InChI is InChI=1S/C20H21F3N6O3.C2HF3O2/c1-3-12(6-7-24)28-17(30)15-16(25)27-9-14(29-15)13-8-11(5-4-10(13)2)19(32,18(26)31)20(21,22)23;3-2(4,5)1(6)7/h4-5,8-9,12,32H,3,6H2,1-2H3,(H2,25,27)(H2,26,31)(H,28,30);(H,6,7)/t12-,19?;/m0./s1. The van der Waals surface area contributed by atoms with Crippen LogP contribution in [0.1, 0.15) is 41.4 Å². The van der Waals surface area contributed by atoms with Gasteiger partial charge in [0, 0.05) is 17.2 Å². The highest BCUT2D eigenvalue weighted by atomic mass is 19.4. The Kier molecular flexibility index (Phi) is 10.3. The third kappa shape index (κ3) is 7.77. The van der Waals surface area contributed by atoms with Crippen molar-refractivity contribution < 1.29 is 50.9 Å². The van der Waals surface area contributed by atoms with E-state index >= 15 is 0 Å². The zero-order chi connectivity index (χ0) is 30.3. The van der Waals surface area contributed by atoms with Crippen molar-refractivity contribution in [1.82, 2.24) is 15.3 Å². The topological polar surface area (TPSA) is 205 Å². The lowest BCUT2D eigenvalue weighted by atomic mass is 9.89. The first kappa shape index (κ1) is 32.6. The van der Waals surface area contributed by atoms with Crippen LogP contribution in [0.5, 0.6) is 0 Å². The number of nitrogens with zero attached hydrogens (tertiary/aromatic N) is 3. The van der Waals surface area contributed by atoms with E-state index in [0.29, 0.717) is 12.0 Å². The van der Waals surface area contributed by atoms with Gasteiger partial charge in [0.25, 0.3) is 17.4 Å². The second-order valence-electron chi connectivity index (χ2n) is 7.83. The van der Waals surface area contributed by atoms with Crippen LogP contribution >= 0.6 is 0 Å². The summed E-state index contributed by atoms with van der Waals surface area (Å²) >= 11 is 0. The first-order valence-corrected chi connectivity index (χ1v) is 10.6. The van der Waals surface area contributed by atoms with Gasteiger partial charge in [-0.1, -0.05) is 19.1 Å². The highest BCUT2D eigenvalue weighted by molar-refractivity contribution is 5.97. The van der Waals surface area contributed by atoms with E-state index in [9.17, 15) is 41.0 Å². The summed E-state index contributed by atoms with van der Waals surface area (Å²) in [5, 5.41) is 28.6. The number of rotatable bonds is 7. The molecule has 0 spiro atoms. The molecule has 0 fully saturated rings. The average molecular weight is 564 g/mol. The molecule has 1 heterocycles. The van der Waals surface area contributed by atoms with E-state index in [1.54, 1.807) is 13.8 Å². The number of aryl methyl sites for hydroxylation is 1. The number of primary amides is 1. The highest BCUT2D eigenvalue weighted by Crippen LogP contribution is 2.40. The molecular weight excluding hydrogens is 542 g/mol. The molecule has 2 aromatic rings. The van der Waals surface area contributed by atoms with Crippen LogP contribution in [0.25, 0.3) is 11.3 Å². The van der Waals surface area contributed by atoms with Crippen LogP contribution in [0, 0.1) is 18.3 Å². The Morgan fingerprint density at radius 3 is 2.18 bits per heavy atom. The quantitative estimate of drug-likeness (QED) is 0.312. The summed E-state index contributed by atoms with van der Waals surface area (Å²) in [5.41, 5.74) is 6.03. The summed E-state index contributed by atoms with van der Waals surface area (Å²) in [5.74, 6) is -5.69. The number of aromatic nitrogens is 2. The number of nitriles is 1. The van der Waals surface area contributed by atoms with Crippen LogP contribution in [0.3, 0.4) is 0 Å². The number of nitrogen functional groups attached to an aromatic ring is 1. The number of hydrogen-bond donors (Lipinski definition) is 5. The predicted molar refractivity (Wildman–Crippen MR) is 121 cm³/mol. The molecule has 2 amide bonds. The van der Waals surface area contributed by atoms with Gasteiger partial charge in [0.2, 0.25) is 0 Å². The molecule has 17 heteroatoms. The molecule has 11 nitrogen and oxygen atoms in total. The molecule has 0 aliphatic carbocycles. The van der Waals surface area contributed by atoms with Crippen LogP contribution in [0.2, 0.25) is 0 Å². The number of carbonyl (C=O) groups is 3. The molecule has 0 bridgehead atoms. The number of anilines is 1. The normalized spacial score (nSPS) is 13.6. The summed E-state index contributed by atoms with van der Waals surface area (Å²) in [6, 6.07) is 4.54. The average Bonchev–Trinajstić information content (AvgIpc) is 2.82. The smallest absolute Gasteiger partial charge is 0.475 e. The number of benzene rings is 1. The molecule has 39 heavy (non-hydrogen) atoms. The zero-order valence-corrected chi connectivity index (χ0v) is 20.2. The zero-order valence-electron chi connectivity index (χ0n) is 20.2. The number of hydrogen-bond acceptors (Lipinski definition) is 8. The second-order valence-corrected chi connectivity index (χ2v) is 7.83. The van der Waals surface area contributed by atoms with Crippen LogP contribution in [-0.2, 0) is 15.2 Å². The van der Waals surface area contributed by atoms with Gasteiger partial charge in [0.1, 0.15) is 0 Å². The van der Waals surface area contributed by atoms with Crippen molar-refractivity contribution in [3.63, 3.8) is 0 Å². The molecule has 212 valence electrons. The van der Waals surface area contributed by atoms with Crippen molar-refractivity contribution in [2.45, 2.75) is 50.7 Å². The lowest BCUT2D eigenvalue weighted by molar-refractivity contribution is -0.255. The van der Waals surface area contributed by atoms with Crippen molar-refractivity contribution in [3.05, 3.63) is 41.2 Å². The fourth-order valence-corrected chi connectivity index (χ4v) is 2.93. The number of carbonyl (C=O) groups excluding carboxylic acids is 2. The van der Waals surface area contributed by atoms with Gasteiger partial charge in [-0.2, -0.15) is 31.6 Å². The SMILES string of the molecule is CC[C@@H](CC#N)NC(=O)c1nc(-c2cc(C(O)(C(N)=O)C(F)(F)F)ccc2C)cnc1N.O=C(O)C(F)(F)F. The number of amides is 2. The number of carboxylic acids is 1. The van der Waals surface area contributed by atoms with Crippen LogP contribution in [0.15, 0.2) is 24.4 Å². The molecule has 1 unspecified atom stereocenters. The second kappa shape index (κ2) is 12.4. The van der Waals surface area contributed by atoms with E-state index in [2.05, 4.69) is 15.3 Å². The Labute approximate surface area is 216 Å². The Morgan fingerprint density at radius 2 is 1.74 bits per heavy atom. The fraction of sp³-hybridized carbons (Fsp3) is 0.364. The number of nitrogens with one attached hydrogen (secondary N) is 1. The predicted octanol–water partition coefficient (Wildman–Crippen LogP) is 2.32. The lowest BCUT2D eigenvalue weighted by Crippen LogP contribution is -2.52. The minimum Gasteiger partial charge on any atom is -0.475 e. The van der Waals surface area contributed by atoms with Crippen molar-refractivity contribution >= 4 is 23.6 Å².